The third kappa shape index (κ3) is 3.59. The molecule has 3 N–H and O–H groups in total. The van der Waals surface area contributed by atoms with E-state index in [1.807, 2.05) is 26.3 Å². The predicted octanol–water partition coefficient (Wildman–Crippen LogP) is 2.02. The van der Waals surface area contributed by atoms with Crippen LogP contribution in [0, 0.1) is 0 Å². The number of amides is 1. The Morgan fingerprint density at radius 3 is 2.13 bits per heavy atom. The van der Waals surface area contributed by atoms with Crippen molar-refractivity contribution in [3.8, 4) is 0 Å². The predicted molar refractivity (Wildman–Crippen MR) is 59.1 cm³/mol. The van der Waals surface area contributed by atoms with Crippen LogP contribution >= 0.6 is 0 Å². The highest BCUT2D eigenvalue weighted by Crippen LogP contribution is 2.09. The third-order valence-corrected chi connectivity index (χ3v) is 1.76. The molecule has 0 spiro atoms. The number of carbonyl (C=O) groups excluding carboxylic acids is 1. The van der Waals surface area contributed by atoms with E-state index in [0.717, 1.165) is 0 Å². The smallest absolute Gasteiger partial charge is 0.251 e. The quantitative estimate of drug-likeness (QED) is 0.651. The molecule has 82 valence electrons. The Morgan fingerprint density at radius 2 is 1.73 bits per heavy atom. The van der Waals surface area contributed by atoms with E-state index in [1.165, 1.54) is 0 Å². The topological polar surface area (TPSA) is 61.4 Å². The summed E-state index contributed by atoms with van der Waals surface area (Å²) in [5, 5.41) is 11.5. The van der Waals surface area contributed by atoms with Crippen LogP contribution in [0.1, 0.15) is 31.1 Å². The first-order valence-electron chi connectivity index (χ1n) is 4.75. The summed E-state index contributed by atoms with van der Waals surface area (Å²) in [4.78, 5) is 11.7. The zero-order valence-electron chi connectivity index (χ0n) is 9.16. The number of anilines is 1. The largest absolute Gasteiger partial charge is 0.347 e. The van der Waals surface area contributed by atoms with E-state index in [4.69, 9.17) is 5.21 Å². The second kappa shape index (κ2) is 4.31. The van der Waals surface area contributed by atoms with Crippen LogP contribution in [0.5, 0.6) is 0 Å². The molecule has 0 heterocycles. The van der Waals surface area contributed by atoms with Crippen LogP contribution in [0.4, 0.5) is 5.69 Å². The van der Waals surface area contributed by atoms with Gasteiger partial charge in [-0.3, -0.25) is 15.5 Å². The number of hydrogen-bond acceptors (Lipinski definition) is 3. The Morgan fingerprint density at radius 1 is 1.20 bits per heavy atom. The van der Waals surface area contributed by atoms with E-state index >= 15 is 0 Å². The van der Waals surface area contributed by atoms with E-state index < -0.39 is 0 Å². The van der Waals surface area contributed by atoms with Gasteiger partial charge in [-0.25, -0.2) is 0 Å². The fourth-order valence-corrected chi connectivity index (χ4v) is 1.11. The van der Waals surface area contributed by atoms with E-state index in [-0.39, 0.29) is 11.4 Å². The first kappa shape index (κ1) is 11.5. The van der Waals surface area contributed by atoms with Crippen LogP contribution in [0.2, 0.25) is 0 Å². The van der Waals surface area contributed by atoms with Crippen molar-refractivity contribution in [2.24, 2.45) is 0 Å². The molecule has 4 nitrogen and oxygen atoms in total. The molecular formula is C11H16N2O2. The van der Waals surface area contributed by atoms with Gasteiger partial charge >= 0.3 is 0 Å². The van der Waals surface area contributed by atoms with E-state index in [1.54, 1.807) is 24.3 Å². The zero-order chi connectivity index (χ0) is 11.5. The van der Waals surface area contributed by atoms with Gasteiger partial charge in [0.05, 0.1) is 5.69 Å². The molecule has 0 atom stereocenters. The molecule has 0 bridgehead atoms. The van der Waals surface area contributed by atoms with E-state index in [9.17, 15) is 4.79 Å². The fourth-order valence-electron chi connectivity index (χ4n) is 1.11. The maximum Gasteiger partial charge on any atom is 0.251 e. The molecule has 0 radical (unpaired) electrons. The second-order valence-corrected chi connectivity index (χ2v) is 4.39. The molecule has 1 aromatic rings. The van der Waals surface area contributed by atoms with Crippen molar-refractivity contribution in [1.29, 1.82) is 0 Å². The van der Waals surface area contributed by atoms with Gasteiger partial charge < -0.3 is 5.32 Å². The van der Waals surface area contributed by atoms with Crippen LogP contribution in [0.25, 0.3) is 0 Å². The Kier molecular flexibility index (Phi) is 3.31. The van der Waals surface area contributed by atoms with Crippen LogP contribution in [-0.2, 0) is 0 Å². The van der Waals surface area contributed by atoms with Crippen molar-refractivity contribution in [3.63, 3.8) is 0 Å². The maximum absolute atomic E-state index is 11.7. The van der Waals surface area contributed by atoms with Crippen molar-refractivity contribution in [3.05, 3.63) is 29.8 Å². The van der Waals surface area contributed by atoms with Crippen molar-refractivity contribution in [2.45, 2.75) is 26.3 Å². The summed E-state index contributed by atoms with van der Waals surface area (Å²) in [7, 11) is 0. The van der Waals surface area contributed by atoms with Gasteiger partial charge in [-0.05, 0) is 45.0 Å². The van der Waals surface area contributed by atoms with E-state index in [2.05, 4.69) is 5.32 Å². The number of rotatable bonds is 2. The number of nitrogens with one attached hydrogen (secondary N) is 2. The van der Waals surface area contributed by atoms with E-state index in [0.29, 0.717) is 11.3 Å². The Hall–Kier alpha value is -1.55. The minimum Gasteiger partial charge on any atom is -0.347 e. The summed E-state index contributed by atoms with van der Waals surface area (Å²) in [5.41, 5.74) is 2.90. The molecule has 1 rings (SSSR count). The van der Waals surface area contributed by atoms with Gasteiger partial charge in [0.25, 0.3) is 5.91 Å². The third-order valence-electron chi connectivity index (χ3n) is 1.76. The standard InChI is InChI=1S/C11H16N2O2/c1-11(2,3)12-10(14)8-4-6-9(13-15)7-5-8/h4-7,13,15H,1-3H3,(H,12,14). The lowest BCUT2D eigenvalue weighted by Crippen LogP contribution is -2.40. The van der Waals surface area contributed by atoms with Crippen LogP contribution in [-0.4, -0.2) is 16.7 Å². The van der Waals surface area contributed by atoms with Gasteiger partial charge in [-0.15, -0.1) is 0 Å². The normalized spacial score (nSPS) is 10.9. The molecule has 1 amide bonds. The van der Waals surface area contributed by atoms with Gasteiger partial charge in [0, 0.05) is 11.1 Å². The highest BCUT2D eigenvalue weighted by molar-refractivity contribution is 5.94. The molecule has 0 saturated heterocycles. The van der Waals surface area contributed by atoms with Crippen molar-refractivity contribution >= 4 is 11.6 Å². The lowest BCUT2D eigenvalue weighted by atomic mass is 10.1. The summed E-state index contributed by atoms with van der Waals surface area (Å²) in [5.74, 6) is -0.119. The number of benzene rings is 1. The van der Waals surface area contributed by atoms with Crippen LogP contribution in [0.3, 0.4) is 0 Å². The minimum atomic E-state index is -0.245. The first-order chi connectivity index (χ1) is 6.92. The highest BCUT2D eigenvalue weighted by atomic mass is 16.5. The lowest BCUT2D eigenvalue weighted by molar-refractivity contribution is 0.0919. The summed E-state index contributed by atoms with van der Waals surface area (Å²) < 4.78 is 0. The number of carbonyl (C=O) groups is 1. The summed E-state index contributed by atoms with van der Waals surface area (Å²) in [6, 6.07) is 6.58. The average molecular weight is 208 g/mol. The Bertz CT molecular complexity index is 339. The molecule has 15 heavy (non-hydrogen) atoms. The van der Waals surface area contributed by atoms with Crippen LogP contribution < -0.4 is 10.8 Å². The average Bonchev–Trinajstić information content (AvgIpc) is 2.15. The summed E-state index contributed by atoms with van der Waals surface area (Å²) in [6.45, 7) is 5.78. The monoisotopic (exact) mass is 208 g/mol. The minimum absolute atomic E-state index is 0.119. The molecular weight excluding hydrogens is 192 g/mol. The van der Waals surface area contributed by atoms with Gasteiger partial charge in [0.1, 0.15) is 0 Å². The van der Waals surface area contributed by atoms with Crippen molar-refractivity contribution < 1.29 is 10.0 Å². The van der Waals surface area contributed by atoms with Crippen LogP contribution in [0.15, 0.2) is 24.3 Å². The second-order valence-electron chi connectivity index (χ2n) is 4.39. The molecule has 0 aliphatic rings. The van der Waals surface area contributed by atoms with Gasteiger partial charge in [-0.1, -0.05) is 0 Å². The number of hydrogen-bond donors (Lipinski definition) is 3. The van der Waals surface area contributed by atoms with Gasteiger partial charge in [0.15, 0.2) is 0 Å². The fraction of sp³-hybridized carbons (Fsp3) is 0.364. The zero-order valence-corrected chi connectivity index (χ0v) is 9.16. The molecule has 0 unspecified atom stereocenters. The lowest BCUT2D eigenvalue weighted by Gasteiger charge is -2.20. The molecule has 0 saturated carbocycles. The maximum atomic E-state index is 11.7. The van der Waals surface area contributed by atoms with Crippen molar-refractivity contribution in [1.82, 2.24) is 5.32 Å². The summed E-state index contributed by atoms with van der Waals surface area (Å²) >= 11 is 0. The molecule has 1 aromatic carbocycles. The van der Waals surface area contributed by atoms with Gasteiger partial charge in [-0.2, -0.15) is 0 Å². The molecule has 4 heteroatoms. The molecule has 0 aliphatic heterocycles. The molecule has 0 fully saturated rings. The summed E-state index contributed by atoms with van der Waals surface area (Å²) in [6.07, 6.45) is 0. The van der Waals surface area contributed by atoms with Gasteiger partial charge in [0.2, 0.25) is 0 Å². The Labute approximate surface area is 89.3 Å². The highest BCUT2D eigenvalue weighted by Gasteiger charge is 2.14. The van der Waals surface area contributed by atoms with Crippen molar-refractivity contribution in [2.75, 3.05) is 5.48 Å². The SMILES string of the molecule is CC(C)(C)NC(=O)c1ccc(NO)cc1. The first-order valence-corrected chi connectivity index (χ1v) is 4.75. The molecule has 0 aliphatic carbocycles. The molecule has 0 aromatic heterocycles. The Balaban J connectivity index is 2.75.